The Kier molecular flexibility index (Phi) is 6.60. The number of morpholine rings is 1. The van der Waals surface area contributed by atoms with Crippen molar-refractivity contribution >= 4 is 34.3 Å². The Hall–Kier alpha value is -3.41. The molecule has 4 rings (SSSR count). The summed E-state index contributed by atoms with van der Waals surface area (Å²) in [7, 11) is 3.18. The molecule has 9 nitrogen and oxygen atoms in total. The lowest BCUT2D eigenvalue weighted by atomic mass is 9.94. The second kappa shape index (κ2) is 9.45. The third-order valence-corrected chi connectivity index (χ3v) is 5.88. The zero-order chi connectivity index (χ0) is 24.5. The first-order valence-electron chi connectivity index (χ1n) is 10.9. The van der Waals surface area contributed by atoms with Crippen LogP contribution in [0.1, 0.15) is 30.4 Å². The molecule has 182 valence electrons. The molecule has 0 radical (unpaired) electrons. The summed E-state index contributed by atoms with van der Waals surface area (Å²) in [6, 6.07) is 3.70. The molecule has 0 spiro atoms. The summed E-state index contributed by atoms with van der Waals surface area (Å²) < 4.78 is 46.5. The number of benzene rings is 1. The van der Waals surface area contributed by atoms with Gasteiger partial charge < -0.3 is 20.3 Å². The van der Waals surface area contributed by atoms with E-state index >= 15 is 0 Å². The minimum Gasteiger partial charge on any atom is -0.378 e. The smallest absolute Gasteiger partial charge is 0.378 e. The van der Waals surface area contributed by atoms with E-state index < -0.39 is 11.7 Å². The number of amides is 1. The molecule has 1 unspecified atom stereocenters. The Bertz CT molecular complexity index is 1190. The molecule has 1 saturated heterocycles. The SMILES string of the molecule is CNc1nc(Nc2ccc(C(C)CC(=O)N3CCOCC3)c3c2cnn3C)ncc1C(F)(F)F. The van der Waals surface area contributed by atoms with Crippen LogP contribution in [0, 0.1) is 0 Å². The minimum absolute atomic E-state index is 0.0193. The van der Waals surface area contributed by atoms with Gasteiger partial charge in [0.25, 0.3) is 0 Å². The van der Waals surface area contributed by atoms with Gasteiger partial charge in [-0.05, 0) is 17.5 Å². The standard InChI is InChI=1S/C22H26F3N7O2/c1-13(10-18(33)32-6-8-34-9-7-32)14-4-5-17(15-11-28-31(3)19(14)15)29-21-27-12-16(22(23,24)25)20(26-2)30-21/h4-5,11-13H,6-10H2,1-3H3,(H2,26,27,29,30). The molecule has 0 saturated carbocycles. The number of carbonyl (C=O) groups excluding carboxylic acids is 1. The van der Waals surface area contributed by atoms with Crippen LogP contribution in [0.4, 0.5) is 30.6 Å². The van der Waals surface area contributed by atoms with E-state index in [1.54, 1.807) is 24.0 Å². The first kappa shape index (κ1) is 23.7. The Morgan fingerprint density at radius 3 is 2.65 bits per heavy atom. The summed E-state index contributed by atoms with van der Waals surface area (Å²) in [4.78, 5) is 22.4. The quantitative estimate of drug-likeness (QED) is 0.561. The van der Waals surface area contributed by atoms with Crippen molar-refractivity contribution in [1.29, 1.82) is 0 Å². The van der Waals surface area contributed by atoms with E-state index in [1.807, 2.05) is 17.9 Å². The van der Waals surface area contributed by atoms with E-state index in [9.17, 15) is 18.0 Å². The number of ether oxygens (including phenoxy) is 1. The number of alkyl halides is 3. The third kappa shape index (κ3) is 4.76. The van der Waals surface area contributed by atoms with Crippen LogP contribution in [0.25, 0.3) is 10.9 Å². The highest BCUT2D eigenvalue weighted by atomic mass is 19.4. The number of halogens is 3. The average molecular weight is 477 g/mol. The lowest BCUT2D eigenvalue weighted by Crippen LogP contribution is -2.41. The van der Waals surface area contributed by atoms with Crippen molar-refractivity contribution in [2.45, 2.75) is 25.4 Å². The molecule has 3 aromatic rings. The molecule has 1 aromatic carbocycles. The molecule has 12 heteroatoms. The molecule has 1 amide bonds. The fourth-order valence-corrected chi connectivity index (χ4v) is 4.10. The number of fused-ring (bicyclic) bond motifs is 1. The number of rotatable bonds is 6. The van der Waals surface area contributed by atoms with Crippen molar-refractivity contribution in [3.8, 4) is 0 Å². The van der Waals surface area contributed by atoms with E-state index in [1.165, 1.54) is 7.05 Å². The van der Waals surface area contributed by atoms with Crippen molar-refractivity contribution < 1.29 is 22.7 Å². The van der Waals surface area contributed by atoms with Crippen LogP contribution in [0.15, 0.2) is 24.5 Å². The number of hydrogen-bond donors (Lipinski definition) is 2. The summed E-state index contributed by atoms with van der Waals surface area (Å²) in [6.45, 7) is 4.28. The molecular formula is C22H26F3N7O2. The maximum Gasteiger partial charge on any atom is 0.421 e. The van der Waals surface area contributed by atoms with Crippen molar-refractivity contribution in [1.82, 2.24) is 24.6 Å². The molecule has 3 heterocycles. The van der Waals surface area contributed by atoms with E-state index in [-0.39, 0.29) is 23.6 Å². The van der Waals surface area contributed by atoms with E-state index in [0.29, 0.717) is 38.4 Å². The molecule has 34 heavy (non-hydrogen) atoms. The highest BCUT2D eigenvalue weighted by Gasteiger charge is 2.35. The molecule has 1 aliphatic heterocycles. The van der Waals surface area contributed by atoms with Crippen LogP contribution in [0.5, 0.6) is 0 Å². The zero-order valence-corrected chi connectivity index (χ0v) is 19.1. The van der Waals surface area contributed by atoms with Gasteiger partial charge in [0.05, 0.1) is 30.6 Å². The predicted molar refractivity (Wildman–Crippen MR) is 121 cm³/mol. The van der Waals surface area contributed by atoms with Crippen LogP contribution in [0.2, 0.25) is 0 Å². The van der Waals surface area contributed by atoms with Gasteiger partial charge in [-0.15, -0.1) is 0 Å². The first-order valence-corrected chi connectivity index (χ1v) is 10.9. The lowest BCUT2D eigenvalue weighted by Gasteiger charge is -2.28. The van der Waals surface area contributed by atoms with Crippen molar-refractivity contribution in [2.75, 3.05) is 44.0 Å². The summed E-state index contributed by atoms with van der Waals surface area (Å²) >= 11 is 0. The molecular weight excluding hydrogens is 451 g/mol. The Balaban J connectivity index is 1.60. The van der Waals surface area contributed by atoms with Gasteiger partial charge >= 0.3 is 6.18 Å². The summed E-state index contributed by atoms with van der Waals surface area (Å²) in [5.41, 5.74) is 1.43. The number of nitrogens with zero attached hydrogens (tertiary/aromatic N) is 5. The van der Waals surface area contributed by atoms with Gasteiger partial charge in [0.2, 0.25) is 11.9 Å². The largest absolute Gasteiger partial charge is 0.421 e. The summed E-state index contributed by atoms with van der Waals surface area (Å²) in [5, 5.41) is 10.6. The number of nitrogens with one attached hydrogen (secondary N) is 2. The van der Waals surface area contributed by atoms with Gasteiger partial charge in [-0.3, -0.25) is 9.48 Å². The molecule has 0 bridgehead atoms. The molecule has 2 aromatic heterocycles. The fourth-order valence-electron chi connectivity index (χ4n) is 4.10. The van der Waals surface area contributed by atoms with Gasteiger partial charge in [0.1, 0.15) is 11.4 Å². The van der Waals surface area contributed by atoms with E-state index in [0.717, 1.165) is 22.7 Å². The zero-order valence-electron chi connectivity index (χ0n) is 19.1. The highest BCUT2D eigenvalue weighted by Crippen LogP contribution is 2.36. The van der Waals surface area contributed by atoms with Gasteiger partial charge in [-0.1, -0.05) is 13.0 Å². The first-order chi connectivity index (χ1) is 16.2. The lowest BCUT2D eigenvalue weighted by molar-refractivity contribution is -0.137. The van der Waals surface area contributed by atoms with Crippen molar-refractivity contribution in [3.63, 3.8) is 0 Å². The second-order valence-corrected chi connectivity index (χ2v) is 8.16. The molecule has 1 aliphatic rings. The van der Waals surface area contributed by atoms with Gasteiger partial charge in [0.15, 0.2) is 0 Å². The van der Waals surface area contributed by atoms with Crippen molar-refractivity contribution in [3.05, 3.63) is 35.7 Å². The number of aryl methyl sites for hydroxylation is 1. The minimum atomic E-state index is -4.57. The number of aromatic nitrogens is 4. The third-order valence-electron chi connectivity index (χ3n) is 5.88. The molecule has 1 atom stereocenters. The fraction of sp³-hybridized carbons (Fsp3) is 0.455. The predicted octanol–water partition coefficient (Wildman–Crippen LogP) is 3.52. The Labute approximate surface area is 194 Å². The molecule has 1 fully saturated rings. The van der Waals surface area contributed by atoms with Crippen molar-refractivity contribution in [2.24, 2.45) is 7.05 Å². The number of carbonyl (C=O) groups is 1. The topological polar surface area (TPSA) is 97.2 Å². The number of hydrogen-bond acceptors (Lipinski definition) is 7. The van der Waals surface area contributed by atoms with Crippen LogP contribution >= 0.6 is 0 Å². The van der Waals surface area contributed by atoms with Crippen LogP contribution in [-0.4, -0.2) is 63.9 Å². The van der Waals surface area contributed by atoms with Gasteiger partial charge in [-0.2, -0.15) is 23.3 Å². The molecule has 0 aliphatic carbocycles. The van der Waals surface area contributed by atoms with Crippen LogP contribution < -0.4 is 10.6 Å². The monoisotopic (exact) mass is 477 g/mol. The Morgan fingerprint density at radius 2 is 1.97 bits per heavy atom. The average Bonchev–Trinajstić information content (AvgIpc) is 3.21. The second-order valence-electron chi connectivity index (χ2n) is 8.16. The van der Waals surface area contributed by atoms with Gasteiger partial charge in [-0.25, -0.2) is 4.98 Å². The van der Waals surface area contributed by atoms with Gasteiger partial charge in [0, 0.05) is 45.2 Å². The summed E-state index contributed by atoms with van der Waals surface area (Å²) in [5.74, 6) is -0.295. The maximum absolute atomic E-state index is 13.1. The number of anilines is 3. The Morgan fingerprint density at radius 1 is 1.24 bits per heavy atom. The normalized spacial score (nSPS) is 15.4. The maximum atomic E-state index is 13.1. The van der Waals surface area contributed by atoms with Crippen LogP contribution in [-0.2, 0) is 22.8 Å². The highest BCUT2D eigenvalue weighted by molar-refractivity contribution is 5.95. The summed E-state index contributed by atoms with van der Waals surface area (Å²) in [6.07, 6.45) is -1.80. The van der Waals surface area contributed by atoms with E-state index in [4.69, 9.17) is 4.74 Å². The van der Waals surface area contributed by atoms with E-state index in [2.05, 4.69) is 25.7 Å². The molecule has 2 N–H and O–H groups in total. The van der Waals surface area contributed by atoms with Crippen LogP contribution in [0.3, 0.4) is 0 Å².